The molecule has 0 radical (unpaired) electrons. The lowest BCUT2D eigenvalue weighted by Crippen LogP contribution is -2.39. The predicted octanol–water partition coefficient (Wildman–Crippen LogP) is 4.05. The van der Waals surface area contributed by atoms with Crippen molar-refractivity contribution in [1.29, 1.82) is 0 Å². The van der Waals surface area contributed by atoms with Gasteiger partial charge in [-0.1, -0.05) is 31.1 Å². The van der Waals surface area contributed by atoms with E-state index in [0.717, 1.165) is 18.3 Å². The Balaban J connectivity index is 0.00000320. The molecular weight excluding hydrogens is 491 g/mol. The standard InChI is InChI=1S/C22H34N6O.HI/c1-17(2)21-25-20(29-26-21)12-13-24-22(23-3)27(4)16-18-8-10-19(11-9-18)28-14-6-5-7-15-28;/h8-11,17H,5-7,12-16H2,1-4H3,(H,23,24);1H. The molecule has 2 heterocycles. The number of hydrogen-bond donors (Lipinski definition) is 1. The molecule has 8 heteroatoms. The van der Waals surface area contributed by atoms with Crippen molar-refractivity contribution >= 4 is 35.6 Å². The molecule has 1 aliphatic rings. The molecule has 0 unspecified atom stereocenters. The topological polar surface area (TPSA) is 69.8 Å². The SMILES string of the molecule is CN=C(NCCc1nc(C(C)C)no1)N(C)Cc1ccc(N2CCCCC2)cc1.I. The summed E-state index contributed by atoms with van der Waals surface area (Å²) >= 11 is 0. The van der Waals surface area contributed by atoms with Crippen LogP contribution in [0.2, 0.25) is 0 Å². The van der Waals surface area contributed by atoms with Crippen molar-refractivity contribution in [2.24, 2.45) is 4.99 Å². The summed E-state index contributed by atoms with van der Waals surface area (Å²) in [5.74, 6) is 2.55. The maximum absolute atomic E-state index is 5.30. The first-order valence-corrected chi connectivity index (χ1v) is 10.6. The molecule has 1 saturated heterocycles. The first-order valence-electron chi connectivity index (χ1n) is 10.6. The van der Waals surface area contributed by atoms with Gasteiger partial charge in [0.05, 0.1) is 0 Å². The third kappa shape index (κ3) is 6.85. The molecule has 0 bridgehead atoms. The summed E-state index contributed by atoms with van der Waals surface area (Å²) in [5.41, 5.74) is 2.61. The van der Waals surface area contributed by atoms with Gasteiger partial charge in [0.15, 0.2) is 11.8 Å². The average Bonchev–Trinajstić information content (AvgIpc) is 3.22. The minimum atomic E-state index is 0. The lowest BCUT2D eigenvalue weighted by molar-refractivity contribution is 0.370. The van der Waals surface area contributed by atoms with Crippen molar-refractivity contribution in [1.82, 2.24) is 20.4 Å². The zero-order chi connectivity index (χ0) is 20.6. The second kappa shape index (κ2) is 12.1. The Bertz CT molecular complexity index is 783. The van der Waals surface area contributed by atoms with Gasteiger partial charge in [0.1, 0.15) is 0 Å². The molecule has 1 fully saturated rings. The highest BCUT2D eigenvalue weighted by atomic mass is 127. The van der Waals surface area contributed by atoms with E-state index in [9.17, 15) is 0 Å². The highest BCUT2D eigenvalue weighted by Crippen LogP contribution is 2.20. The third-order valence-electron chi connectivity index (χ3n) is 5.27. The first-order chi connectivity index (χ1) is 14.1. The second-order valence-corrected chi connectivity index (χ2v) is 8.00. The van der Waals surface area contributed by atoms with Crippen molar-refractivity contribution in [3.63, 3.8) is 0 Å². The molecule has 1 aliphatic heterocycles. The van der Waals surface area contributed by atoms with E-state index in [0.29, 0.717) is 18.9 Å². The van der Waals surface area contributed by atoms with Crippen molar-refractivity contribution in [3.05, 3.63) is 41.5 Å². The van der Waals surface area contributed by atoms with Crippen LogP contribution in [0.3, 0.4) is 0 Å². The number of nitrogens with zero attached hydrogens (tertiary/aromatic N) is 5. The number of rotatable bonds is 7. The molecule has 0 spiro atoms. The van der Waals surface area contributed by atoms with Gasteiger partial charge in [0.2, 0.25) is 5.89 Å². The van der Waals surface area contributed by atoms with E-state index >= 15 is 0 Å². The van der Waals surface area contributed by atoms with Gasteiger partial charge in [0, 0.05) is 58.3 Å². The van der Waals surface area contributed by atoms with Gasteiger partial charge in [-0.3, -0.25) is 4.99 Å². The van der Waals surface area contributed by atoms with Crippen molar-refractivity contribution in [3.8, 4) is 0 Å². The number of anilines is 1. The number of hydrogen-bond acceptors (Lipinski definition) is 5. The fourth-order valence-electron chi connectivity index (χ4n) is 3.58. The molecule has 1 N–H and O–H groups in total. The van der Waals surface area contributed by atoms with Crippen LogP contribution in [0, 0.1) is 0 Å². The third-order valence-corrected chi connectivity index (χ3v) is 5.27. The van der Waals surface area contributed by atoms with Crippen LogP contribution in [0.5, 0.6) is 0 Å². The van der Waals surface area contributed by atoms with Crippen LogP contribution >= 0.6 is 24.0 Å². The van der Waals surface area contributed by atoms with Gasteiger partial charge in [0.25, 0.3) is 0 Å². The summed E-state index contributed by atoms with van der Waals surface area (Å²) in [7, 11) is 3.86. The zero-order valence-corrected chi connectivity index (χ0v) is 20.9. The largest absolute Gasteiger partial charge is 0.372 e. The molecule has 0 saturated carbocycles. The van der Waals surface area contributed by atoms with Crippen LogP contribution in [-0.2, 0) is 13.0 Å². The highest BCUT2D eigenvalue weighted by molar-refractivity contribution is 14.0. The van der Waals surface area contributed by atoms with E-state index in [1.807, 2.05) is 7.05 Å². The molecule has 0 aliphatic carbocycles. The number of halogens is 1. The minimum Gasteiger partial charge on any atom is -0.372 e. The first kappa shape index (κ1) is 24.4. The van der Waals surface area contributed by atoms with Gasteiger partial charge < -0.3 is 19.6 Å². The maximum Gasteiger partial charge on any atom is 0.228 e. The number of aliphatic imine (C=N–C) groups is 1. The second-order valence-electron chi connectivity index (χ2n) is 8.00. The highest BCUT2D eigenvalue weighted by Gasteiger charge is 2.13. The average molecular weight is 526 g/mol. The Morgan fingerprint density at radius 1 is 1.20 bits per heavy atom. The lowest BCUT2D eigenvalue weighted by atomic mass is 10.1. The Morgan fingerprint density at radius 3 is 2.50 bits per heavy atom. The fraction of sp³-hybridized carbons (Fsp3) is 0.591. The van der Waals surface area contributed by atoms with Gasteiger partial charge in [-0.05, 0) is 37.0 Å². The van der Waals surface area contributed by atoms with E-state index in [4.69, 9.17) is 4.52 Å². The summed E-state index contributed by atoms with van der Waals surface area (Å²) in [5, 5.41) is 7.39. The Kier molecular flexibility index (Phi) is 9.87. The van der Waals surface area contributed by atoms with Crippen molar-refractivity contribution in [2.45, 2.75) is 52.0 Å². The van der Waals surface area contributed by atoms with Crippen LogP contribution < -0.4 is 10.2 Å². The van der Waals surface area contributed by atoms with Crippen LogP contribution in [0.4, 0.5) is 5.69 Å². The van der Waals surface area contributed by atoms with Gasteiger partial charge in [-0.15, -0.1) is 24.0 Å². The summed E-state index contributed by atoms with van der Waals surface area (Å²) < 4.78 is 5.30. The van der Waals surface area contributed by atoms with E-state index in [1.165, 1.54) is 43.6 Å². The molecule has 1 aromatic carbocycles. The van der Waals surface area contributed by atoms with Crippen molar-refractivity contribution < 1.29 is 4.52 Å². The van der Waals surface area contributed by atoms with Gasteiger partial charge in [-0.25, -0.2) is 0 Å². The number of benzene rings is 1. The zero-order valence-electron chi connectivity index (χ0n) is 18.6. The van der Waals surface area contributed by atoms with E-state index in [-0.39, 0.29) is 29.9 Å². The molecule has 0 atom stereocenters. The number of guanidine groups is 1. The molecule has 7 nitrogen and oxygen atoms in total. The molecule has 1 aromatic heterocycles. The summed E-state index contributed by atoms with van der Waals surface area (Å²) in [4.78, 5) is 13.4. The monoisotopic (exact) mass is 526 g/mol. The smallest absolute Gasteiger partial charge is 0.228 e. The normalized spacial score (nSPS) is 14.6. The molecule has 2 aromatic rings. The van der Waals surface area contributed by atoms with E-state index < -0.39 is 0 Å². The van der Waals surface area contributed by atoms with E-state index in [2.05, 4.69) is 75.4 Å². The quantitative estimate of drug-likeness (QED) is 0.334. The van der Waals surface area contributed by atoms with Crippen LogP contribution in [0.15, 0.2) is 33.8 Å². The Morgan fingerprint density at radius 2 is 1.90 bits per heavy atom. The summed E-state index contributed by atoms with van der Waals surface area (Å²) in [6, 6.07) is 8.93. The number of aromatic nitrogens is 2. The van der Waals surface area contributed by atoms with Gasteiger partial charge in [-0.2, -0.15) is 4.98 Å². The van der Waals surface area contributed by atoms with Crippen LogP contribution in [0.25, 0.3) is 0 Å². The minimum absolute atomic E-state index is 0. The van der Waals surface area contributed by atoms with Crippen molar-refractivity contribution in [2.75, 3.05) is 38.6 Å². The molecule has 0 amide bonds. The van der Waals surface area contributed by atoms with Gasteiger partial charge >= 0.3 is 0 Å². The summed E-state index contributed by atoms with van der Waals surface area (Å²) in [6.45, 7) is 7.97. The fourth-order valence-corrected chi connectivity index (χ4v) is 3.58. The summed E-state index contributed by atoms with van der Waals surface area (Å²) in [6.07, 6.45) is 4.64. The maximum atomic E-state index is 5.30. The Labute approximate surface area is 197 Å². The molecule has 3 rings (SSSR count). The Hall–Kier alpha value is -1.84. The number of piperidine rings is 1. The molecular formula is C22H35IN6O. The predicted molar refractivity (Wildman–Crippen MR) is 133 cm³/mol. The lowest BCUT2D eigenvalue weighted by Gasteiger charge is -2.29. The van der Waals surface area contributed by atoms with E-state index in [1.54, 1.807) is 0 Å². The van der Waals surface area contributed by atoms with Crippen LogP contribution in [-0.4, -0.2) is 54.7 Å². The molecule has 30 heavy (non-hydrogen) atoms. The molecule has 166 valence electrons. The van der Waals surface area contributed by atoms with Crippen LogP contribution in [0.1, 0.15) is 56.3 Å². The number of nitrogens with one attached hydrogen (secondary N) is 1.